The third-order valence-corrected chi connectivity index (χ3v) is 5.53. The first kappa shape index (κ1) is 14.5. The zero-order chi connectivity index (χ0) is 14.2. The molecule has 4 unspecified atom stereocenters. The average Bonchev–Trinajstić information content (AvgIpc) is 2.87. The van der Waals surface area contributed by atoms with Gasteiger partial charge in [0.1, 0.15) is 6.10 Å². The monoisotopic (exact) mass is 287 g/mol. The molecule has 0 aromatic heterocycles. The van der Waals surface area contributed by atoms with Crippen molar-refractivity contribution in [2.24, 2.45) is 11.8 Å². The summed E-state index contributed by atoms with van der Waals surface area (Å²) in [5, 5.41) is 0. The predicted molar refractivity (Wildman–Crippen MR) is 71.9 cm³/mol. The van der Waals surface area contributed by atoms with Gasteiger partial charge in [-0.15, -0.1) is 0 Å². The number of hydrogen-bond donors (Lipinski definition) is 1. The Labute approximate surface area is 114 Å². The molecule has 4 atom stereocenters. The number of esters is 1. The lowest BCUT2D eigenvalue weighted by molar-refractivity contribution is -0.146. The molecule has 108 valence electrons. The fourth-order valence-electron chi connectivity index (χ4n) is 3.06. The summed E-state index contributed by atoms with van der Waals surface area (Å²) in [4.78, 5) is 11.5. The molecule has 0 radical (unpaired) electrons. The van der Waals surface area contributed by atoms with Crippen LogP contribution in [0.5, 0.6) is 0 Å². The zero-order valence-electron chi connectivity index (χ0n) is 11.4. The zero-order valence-corrected chi connectivity index (χ0v) is 12.2. The molecule has 0 spiro atoms. The van der Waals surface area contributed by atoms with Crippen LogP contribution in [0, 0.1) is 11.8 Å². The Bertz CT molecular complexity index is 485. The van der Waals surface area contributed by atoms with Crippen molar-refractivity contribution in [2.75, 3.05) is 5.75 Å². The van der Waals surface area contributed by atoms with Crippen LogP contribution in [-0.4, -0.2) is 32.3 Å². The summed E-state index contributed by atoms with van der Waals surface area (Å²) < 4.78 is 31.3. The lowest BCUT2D eigenvalue weighted by Crippen LogP contribution is -2.42. The van der Waals surface area contributed by atoms with Crippen LogP contribution in [-0.2, 0) is 19.6 Å². The number of carbonyl (C=O) groups is 1. The molecule has 2 aliphatic carbocycles. The first-order valence-corrected chi connectivity index (χ1v) is 8.34. The van der Waals surface area contributed by atoms with E-state index in [1.165, 1.54) is 0 Å². The highest BCUT2D eigenvalue weighted by molar-refractivity contribution is 7.89. The van der Waals surface area contributed by atoms with Gasteiger partial charge in [0.25, 0.3) is 0 Å². The van der Waals surface area contributed by atoms with Crippen molar-refractivity contribution in [3.8, 4) is 0 Å². The second-order valence-electron chi connectivity index (χ2n) is 5.58. The molecule has 5 nitrogen and oxygen atoms in total. The Morgan fingerprint density at radius 3 is 2.47 bits per heavy atom. The van der Waals surface area contributed by atoms with Crippen LogP contribution in [0.3, 0.4) is 0 Å². The van der Waals surface area contributed by atoms with Crippen molar-refractivity contribution in [2.45, 2.75) is 45.3 Å². The number of sulfonamides is 1. The van der Waals surface area contributed by atoms with Gasteiger partial charge in [-0.05, 0) is 44.9 Å². The van der Waals surface area contributed by atoms with Crippen LogP contribution >= 0.6 is 0 Å². The van der Waals surface area contributed by atoms with E-state index in [1.54, 1.807) is 13.8 Å². The minimum absolute atomic E-state index is 0.00901. The first-order chi connectivity index (χ1) is 8.82. The van der Waals surface area contributed by atoms with Crippen molar-refractivity contribution in [1.82, 2.24) is 4.72 Å². The molecule has 0 aromatic rings. The van der Waals surface area contributed by atoms with Crippen LogP contribution in [0.1, 0.15) is 33.1 Å². The summed E-state index contributed by atoms with van der Waals surface area (Å²) >= 11 is 0. The summed E-state index contributed by atoms with van der Waals surface area (Å²) in [6.45, 7) is 6.83. The standard InChI is InChI=1S/C13H21NO4S/c1-4-19(16,17)14-11-6-10-5-9(11)7-12(10)18-13(15)8(2)3/h9-12,14H,2,4-7H2,1,3H3. The largest absolute Gasteiger partial charge is 0.459 e. The van der Waals surface area contributed by atoms with Gasteiger partial charge in [0.05, 0.1) is 5.75 Å². The van der Waals surface area contributed by atoms with Crippen LogP contribution in [0.4, 0.5) is 0 Å². The quantitative estimate of drug-likeness (QED) is 0.609. The first-order valence-electron chi connectivity index (χ1n) is 6.69. The number of carbonyl (C=O) groups excluding carboxylic acids is 1. The van der Waals surface area contributed by atoms with Crippen molar-refractivity contribution in [3.05, 3.63) is 12.2 Å². The van der Waals surface area contributed by atoms with Crippen LogP contribution in [0.15, 0.2) is 12.2 Å². The molecule has 1 N–H and O–H groups in total. The molecular formula is C13H21NO4S. The topological polar surface area (TPSA) is 72.5 Å². The van der Waals surface area contributed by atoms with Crippen molar-refractivity contribution in [1.29, 1.82) is 0 Å². The summed E-state index contributed by atoms with van der Waals surface area (Å²) in [6.07, 6.45) is 2.38. The molecule has 2 saturated carbocycles. The van der Waals surface area contributed by atoms with Crippen LogP contribution < -0.4 is 4.72 Å². The van der Waals surface area contributed by atoms with Gasteiger partial charge in [0.15, 0.2) is 0 Å². The Morgan fingerprint density at radius 1 is 1.32 bits per heavy atom. The third kappa shape index (κ3) is 3.17. The average molecular weight is 287 g/mol. The lowest BCUT2D eigenvalue weighted by Gasteiger charge is -2.28. The minimum atomic E-state index is -3.15. The predicted octanol–water partition coefficient (Wildman–Crippen LogP) is 1.21. The lowest BCUT2D eigenvalue weighted by atomic mass is 9.94. The second-order valence-corrected chi connectivity index (χ2v) is 7.62. The Hall–Kier alpha value is -0.880. The van der Waals surface area contributed by atoms with E-state index in [0.29, 0.717) is 5.57 Å². The molecule has 19 heavy (non-hydrogen) atoms. The molecule has 0 aromatic carbocycles. The van der Waals surface area contributed by atoms with Crippen LogP contribution in [0.2, 0.25) is 0 Å². The number of rotatable bonds is 5. The molecule has 0 aliphatic heterocycles. The van der Waals surface area contributed by atoms with E-state index in [9.17, 15) is 13.2 Å². The van der Waals surface area contributed by atoms with Crippen molar-refractivity contribution < 1.29 is 17.9 Å². The molecule has 2 aliphatic rings. The maximum absolute atomic E-state index is 11.6. The smallest absolute Gasteiger partial charge is 0.333 e. The summed E-state index contributed by atoms with van der Waals surface area (Å²) in [5.41, 5.74) is 0.408. The van der Waals surface area contributed by atoms with Gasteiger partial charge >= 0.3 is 5.97 Å². The molecule has 2 rings (SSSR count). The Kier molecular flexibility index (Phi) is 4.01. The van der Waals surface area contributed by atoms with Gasteiger partial charge in [-0.25, -0.2) is 17.9 Å². The SMILES string of the molecule is C=C(C)C(=O)OC1CC2CC1CC2NS(=O)(=O)CC. The second kappa shape index (κ2) is 5.25. The van der Waals surface area contributed by atoms with Gasteiger partial charge in [0, 0.05) is 11.6 Å². The van der Waals surface area contributed by atoms with Gasteiger partial charge in [-0.2, -0.15) is 0 Å². The molecule has 2 bridgehead atoms. The molecule has 0 saturated heterocycles. The van der Waals surface area contributed by atoms with E-state index < -0.39 is 10.0 Å². The maximum Gasteiger partial charge on any atom is 0.333 e. The van der Waals surface area contributed by atoms with E-state index in [4.69, 9.17) is 4.74 Å². The van der Waals surface area contributed by atoms with Crippen LogP contribution in [0.25, 0.3) is 0 Å². The fraction of sp³-hybridized carbons (Fsp3) is 0.769. The number of nitrogens with one attached hydrogen (secondary N) is 1. The van der Waals surface area contributed by atoms with Crippen molar-refractivity contribution >= 4 is 16.0 Å². The van der Waals surface area contributed by atoms with Gasteiger partial charge in [-0.3, -0.25) is 0 Å². The molecule has 6 heteroatoms. The van der Waals surface area contributed by atoms with E-state index in [0.717, 1.165) is 19.3 Å². The highest BCUT2D eigenvalue weighted by atomic mass is 32.2. The van der Waals surface area contributed by atoms with E-state index >= 15 is 0 Å². The van der Waals surface area contributed by atoms with Gasteiger partial charge in [0.2, 0.25) is 10.0 Å². The molecule has 0 amide bonds. The normalized spacial score (nSPS) is 33.4. The highest BCUT2D eigenvalue weighted by Gasteiger charge is 2.48. The Balaban J connectivity index is 1.91. The number of ether oxygens (including phenoxy) is 1. The summed E-state index contributed by atoms with van der Waals surface area (Å²) in [6, 6.07) is 0.00901. The highest BCUT2D eigenvalue weighted by Crippen LogP contribution is 2.46. The van der Waals surface area contributed by atoms with Gasteiger partial charge < -0.3 is 4.74 Å². The van der Waals surface area contributed by atoms with E-state index in [-0.39, 0.29) is 35.7 Å². The maximum atomic E-state index is 11.6. The summed E-state index contributed by atoms with van der Waals surface area (Å²) in [7, 11) is -3.15. The van der Waals surface area contributed by atoms with Gasteiger partial charge in [-0.1, -0.05) is 6.58 Å². The molecular weight excluding hydrogens is 266 g/mol. The minimum Gasteiger partial charge on any atom is -0.459 e. The van der Waals surface area contributed by atoms with Crippen molar-refractivity contribution in [3.63, 3.8) is 0 Å². The fourth-order valence-corrected chi connectivity index (χ4v) is 3.98. The Morgan fingerprint density at radius 2 is 2.00 bits per heavy atom. The third-order valence-electron chi connectivity index (χ3n) is 4.11. The van der Waals surface area contributed by atoms with E-state index in [2.05, 4.69) is 11.3 Å². The van der Waals surface area contributed by atoms with E-state index in [1.807, 2.05) is 0 Å². The number of fused-ring (bicyclic) bond motifs is 2. The number of hydrogen-bond acceptors (Lipinski definition) is 4. The summed E-state index contributed by atoms with van der Waals surface area (Å²) in [5.74, 6) is 0.324. The molecule has 0 heterocycles. The molecule has 2 fully saturated rings.